The molecule has 1 aromatic carbocycles. The highest BCUT2D eigenvalue weighted by atomic mass is 16.4. The first kappa shape index (κ1) is 13.6. The van der Waals surface area contributed by atoms with Crippen LogP contribution in [0.25, 0.3) is 0 Å². The molecule has 1 amide bonds. The Labute approximate surface area is 112 Å². The number of amides is 1. The molecule has 1 fully saturated rings. The van der Waals surface area contributed by atoms with Gasteiger partial charge in [-0.1, -0.05) is 19.4 Å². The number of hydrogen-bond acceptors (Lipinski definition) is 2. The molecule has 102 valence electrons. The fraction of sp³-hybridized carbons (Fsp3) is 0.467. The van der Waals surface area contributed by atoms with Gasteiger partial charge in [0, 0.05) is 11.6 Å². The number of aryl methyl sites for hydroxylation is 1. The minimum Gasteiger partial charge on any atom is -0.478 e. The lowest BCUT2D eigenvalue weighted by Crippen LogP contribution is -2.25. The summed E-state index contributed by atoms with van der Waals surface area (Å²) >= 11 is 0. The number of benzene rings is 1. The van der Waals surface area contributed by atoms with Gasteiger partial charge in [0.05, 0.1) is 5.56 Å². The van der Waals surface area contributed by atoms with Crippen LogP contribution >= 0.6 is 0 Å². The average molecular weight is 261 g/mol. The molecule has 2 N–H and O–H groups in total. The van der Waals surface area contributed by atoms with Crippen LogP contribution in [0.5, 0.6) is 0 Å². The number of rotatable bonds is 3. The van der Waals surface area contributed by atoms with Crippen LogP contribution in [0.2, 0.25) is 0 Å². The maximum Gasteiger partial charge on any atom is 0.335 e. The van der Waals surface area contributed by atoms with E-state index in [2.05, 4.69) is 12.2 Å². The molecule has 4 heteroatoms. The number of carbonyl (C=O) groups is 2. The maximum atomic E-state index is 12.2. The van der Waals surface area contributed by atoms with Crippen LogP contribution in [0.1, 0.15) is 42.1 Å². The van der Waals surface area contributed by atoms with Crippen molar-refractivity contribution >= 4 is 17.6 Å². The van der Waals surface area contributed by atoms with Gasteiger partial charge in [-0.05, 0) is 43.4 Å². The molecule has 1 aromatic rings. The second kappa shape index (κ2) is 5.43. The van der Waals surface area contributed by atoms with Crippen molar-refractivity contribution in [2.75, 3.05) is 5.32 Å². The predicted octanol–water partition coefficient (Wildman–Crippen LogP) is 3.07. The maximum absolute atomic E-state index is 12.2. The minimum absolute atomic E-state index is 0.00985. The zero-order chi connectivity index (χ0) is 14.0. The lowest BCUT2D eigenvalue weighted by molar-refractivity contribution is -0.120. The molecule has 0 bridgehead atoms. The molecule has 1 aliphatic rings. The fourth-order valence-corrected chi connectivity index (χ4v) is 2.65. The number of hydrogen-bond donors (Lipinski definition) is 2. The highest BCUT2D eigenvalue weighted by molar-refractivity contribution is 5.96. The number of carbonyl (C=O) groups excluding carboxylic acids is 1. The third-order valence-electron chi connectivity index (χ3n) is 3.94. The van der Waals surface area contributed by atoms with E-state index in [9.17, 15) is 9.59 Å². The van der Waals surface area contributed by atoms with Crippen molar-refractivity contribution in [2.24, 2.45) is 11.8 Å². The van der Waals surface area contributed by atoms with E-state index in [4.69, 9.17) is 5.11 Å². The van der Waals surface area contributed by atoms with Crippen molar-refractivity contribution in [3.05, 3.63) is 29.3 Å². The van der Waals surface area contributed by atoms with Crippen molar-refractivity contribution < 1.29 is 14.7 Å². The Morgan fingerprint density at radius 3 is 2.63 bits per heavy atom. The Balaban J connectivity index is 2.16. The van der Waals surface area contributed by atoms with Crippen LogP contribution in [0.3, 0.4) is 0 Å². The third kappa shape index (κ3) is 2.95. The van der Waals surface area contributed by atoms with Crippen molar-refractivity contribution in [1.29, 1.82) is 0 Å². The Morgan fingerprint density at radius 1 is 1.32 bits per heavy atom. The number of nitrogens with one attached hydrogen (secondary N) is 1. The van der Waals surface area contributed by atoms with Crippen molar-refractivity contribution in [3.8, 4) is 0 Å². The molecule has 2 rings (SSSR count). The first-order valence-electron chi connectivity index (χ1n) is 6.64. The highest BCUT2D eigenvalue weighted by Crippen LogP contribution is 2.32. The monoisotopic (exact) mass is 261 g/mol. The number of carboxylic acids is 1. The van der Waals surface area contributed by atoms with Crippen LogP contribution in [-0.4, -0.2) is 17.0 Å². The zero-order valence-corrected chi connectivity index (χ0v) is 11.3. The summed E-state index contributed by atoms with van der Waals surface area (Å²) in [7, 11) is 0. The quantitative estimate of drug-likeness (QED) is 0.878. The minimum atomic E-state index is -0.982. The third-order valence-corrected chi connectivity index (χ3v) is 3.94. The summed E-state index contributed by atoms with van der Waals surface area (Å²) in [4.78, 5) is 23.1. The SMILES string of the molecule is Cc1ccc(C(=O)O)cc1NC(=O)C1CCCC1C. The average Bonchev–Trinajstić information content (AvgIpc) is 2.78. The van der Waals surface area contributed by atoms with Gasteiger partial charge in [0.1, 0.15) is 0 Å². The Bertz CT molecular complexity index is 510. The summed E-state index contributed by atoms with van der Waals surface area (Å²) in [6, 6.07) is 4.79. The van der Waals surface area contributed by atoms with Crippen molar-refractivity contribution in [1.82, 2.24) is 0 Å². The van der Waals surface area contributed by atoms with E-state index < -0.39 is 5.97 Å². The first-order valence-corrected chi connectivity index (χ1v) is 6.64. The number of carboxylic acid groups (broad SMARTS) is 1. The van der Waals surface area contributed by atoms with Crippen LogP contribution in [-0.2, 0) is 4.79 Å². The molecule has 0 heterocycles. The van der Waals surface area contributed by atoms with Crippen LogP contribution in [0.15, 0.2) is 18.2 Å². The lowest BCUT2D eigenvalue weighted by Gasteiger charge is -2.16. The van der Waals surface area contributed by atoms with Crippen molar-refractivity contribution in [2.45, 2.75) is 33.1 Å². The fourth-order valence-electron chi connectivity index (χ4n) is 2.65. The van der Waals surface area contributed by atoms with E-state index in [0.29, 0.717) is 11.6 Å². The molecule has 0 spiro atoms. The van der Waals surface area contributed by atoms with Gasteiger partial charge >= 0.3 is 5.97 Å². The topological polar surface area (TPSA) is 66.4 Å². The van der Waals surface area contributed by atoms with Gasteiger partial charge in [-0.2, -0.15) is 0 Å². The Kier molecular flexibility index (Phi) is 3.88. The van der Waals surface area contributed by atoms with E-state index in [1.54, 1.807) is 12.1 Å². The second-order valence-electron chi connectivity index (χ2n) is 5.34. The smallest absolute Gasteiger partial charge is 0.335 e. The molecule has 2 atom stereocenters. The van der Waals surface area contributed by atoms with Gasteiger partial charge in [-0.25, -0.2) is 4.79 Å². The van der Waals surface area contributed by atoms with Crippen LogP contribution in [0.4, 0.5) is 5.69 Å². The van der Waals surface area contributed by atoms with Gasteiger partial charge < -0.3 is 10.4 Å². The number of aromatic carboxylic acids is 1. The summed E-state index contributed by atoms with van der Waals surface area (Å²) < 4.78 is 0. The van der Waals surface area contributed by atoms with E-state index in [-0.39, 0.29) is 17.4 Å². The van der Waals surface area contributed by atoms with Gasteiger partial charge in [-0.3, -0.25) is 4.79 Å². The van der Waals surface area contributed by atoms with Crippen molar-refractivity contribution in [3.63, 3.8) is 0 Å². The van der Waals surface area contributed by atoms with E-state index in [1.807, 2.05) is 6.92 Å². The molecule has 2 unspecified atom stereocenters. The second-order valence-corrected chi connectivity index (χ2v) is 5.34. The molecule has 0 aliphatic heterocycles. The van der Waals surface area contributed by atoms with Gasteiger partial charge in [0.2, 0.25) is 5.91 Å². The van der Waals surface area contributed by atoms with Crippen LogP contribution in [0, 0.1) is 18.8 Å². The molecule has 1 aliphatic carbocycles. The van der Waals surface area contributed by atoms with Gasteiger partial charge in [0.15, 0.2) is 0 Å². The summed E-state index contributed by atoms with van der Waals surface area (Å²) in [5.41, 5.74) is 1.67. The summed E-state index contributed by atoms with van der Waals surface area (Å²) in [5.74, 6) is -0.517. The molecule has 0 radical (unpaired) electrons. The summed E-state index contributed by atoms with van der Waals surface area (Å²) in [6.45, 7) is 3.96. The Hall–Kier alpha value is -1.84. The molecule has 4 nitrogen and oxygen atoms in total. The van der Waals surface area contributed by atoms with Crippen LogP contribution < -0.4 is 5.32 Å². The lowest BCUT2D eigenvalue weighted by atomic mass is 9.97. The summed E-state index contributed by atoms with van der Waals surface area (Å²) in [5, 5.41) is 11.9. The molecular formula is C15H19NO3. The normalized spacial score (nSPS) is 22.2. The largest absolute Gasteiger partial charge is 0.478 e. The van der Waals surface area contributed by atoms with Gasteiger partial charge in [-0.15, -0.1) is 0 Å². The van der Waals surface area contributed by atoms with Gasteiger partial charge in [0.25, 0.3) is 0 Å². The molecular weight excluding hydrogens is 242 g/mol. The predicted molar refractivity (Wildman–Crippen MR) is 73.3 cm³/mol. The molecule has 0 saturated heterocycles. The number of anilines is 1. The first-order chi connectivity index (χ1) is 8.99. The standard InChI is InChI=1S/C15H19NO3/c1-9-4-3-5-12(9)14(17)16-13-8-11(15(18)19)7-6-10(13)2/h6-9,12H,3-5H2,1-2H3,(H,16,17)(H,18,19). The summed E-state index contributed by atoms with van der Waals surface area (Å²) in [6.07, 6.45) is 3.10. The van der Waals surface area contributed by atoms with E-state index in [1.165, 1.54) is 6.07 Å². The molecule has 0 aromatic heterocycles. The molecule has 19 heavy (non-hydrogen) atoms. The zero-order valence-electron chi connectivity index (χ0n) is 11.3. The highest BCUT2D eigenvalue weighted by Gasteiger charge is 2.29. The van der Waals surface area contributed by atoms with E-state index in [0.717, 1.165) is 24.8 Å². The molecule has 1 saturated carbocycles. The Morgan fingerprint density at radius 2 is 2.05 bits per heavy atom. The van der Waals surface area contributed by atoms with E-state index >= 15 is 0 Å².